The standard InChI is InChI=1S/C9H11NO5/c1-5-2-6(4-15-5)8(12)10-7(3-11)9(13)14/h2,4,7,11H,3H2,1H3,(H,10,12)(H,13,14). The lowest BCUT2D eigenvalue weighted by molar-refractivity contribution is -0.140. The van der Waals surface area contributed by atoms with Crippen molar-refractivity contribution in [3.63, 3.8) is 0 Å². The van der Waals surface area contributed by atoms with Gasteiger partial charge in [-0.15, -0.1) is 0 Å². The number of rotatable bonds is 4. The van der Waals surface area contributed by atoms with Crippen LogP contribution < -0.4 is 5.32 Å². The number of nitrogens with one attached hydrogen (secondary N) is 1. The summed E-state index contributed by atoms with van der Waals surface area (Å²) in [7, 11) is 0. The minimum atomic E-state index is -1.30. The van der Waals surface area contributed by atoms with Gasteiger partial charge in [-0.3, -0.25) is 4.79 Å². The van der Waals surface area contributed by atoms with Gasteiger partial charge in [0.1, 0.15) is 12.0 Å². The zero-order chi connectivity index (χ0) is 11.4. The van der Waals surface area contributed by atoms with Crippen LogP contribution in [0.2, 0.25) is 0 Å². The van der Waals surface area contributed by atoms with Crippen LogP contribution >= 0.6 is 0 Å². The number of aliphatic hydroxyl groups excluding tert-OH is 1. The highest BCUT2D eigenvalue weighted by atomic mass is 16.4. The van der Waals surface area contributed by atoms with Crippen LogP contribution in [0.1, 0.15) is 16.1 Å². The van der Waals surface area contributed by atoms with Crippen LogP contribution in [0.4, 0.5) is 0 Å². The first-order chi connectivity index (χ1) is 7.04. The number of carbonyl (C=O) groups excluding carboxylic acids is 1. The summed E-state index contributed by atoms with van der Waals surface area (Å²) < 4.78 is 4.89. The van der Waals surface area contributed by atoms with Crippen molar-refractivity contribution in [1.82, 2.24) is 5.32 Å². The average molecular weight is 213 g/mol. The minimum Gasteiger partial charge on any atom is -0.480 e. The first kappa shape index (κ1) is 11.3. The molecule has 0 radical (unpaired) electrons. The molecule has 1 unspecified atom stereocenters. The number of aryl methyl sites for hydroxylation is 1. The fourth-order valence-electron chi connectivity index (χ4n) is 0.990. The van der Waals surface area contributed by atoms with Crippen molar-refractivity contribution >= 4 is 11.9 Å². The zero-order valence-corrected chi connectivity index (χ0v) is 8.06. The van der Waals surface area contributed by atoms with E-state index in [0.29, 0.717) is 5.76 Å². The molecule has 1 aromatic heterocycles. The Kier molecular flexibility index (Phi) is 3.46. The number of furan rings is 1. The molecule has 1 heterocycles. The molecule has 1 atom stereocenters. The Morgan fingerprint density at radius 2 is 2.27 bits per heavy atom. The minimum absolute atomic E-state index is 0.229. The van der Waals surface area contributed by atoms with Gasteiger partial charge in [-0.05, 0) is 13.0 Å². The second kappa shape index (κ2) is 4.61. The number of carboxylic acids is 1. The number of aliphatic carboxylic acids is 1. The van der Waals surface area contributed by atoms with Crippen molar-refractivity contribution in [3.8, 4) is 0 Å². The lowest BCUT2D eigenvalue weighted by Gasteiger charge is -2.09. The Labute approximate surface area is 85.5 Å². The van der Waals surface area contributed by atoms with Crippen molar-refractivity contribution in [1.29, 1.82) is 0 Å². The van der Waals surface area contributed by atoms with Crippen LogP contribution in [-0.2, 0) is 4.79 Å². The van der Waals surface area contributed by atoms with E-state index in [9.17, 15) is 9.59 Å². The largest absolute Gasteiger partial charge is 0.480 e. The normalized spacial score (nSPS) is 12.1. The van der Waals surface area contributed by atoms with E-state index in [2.05, 4.69) is 5.32 Å². The third-order valence-corrected chi connectivity index (χ3v) is 1.78. The summed E-state index contributed by atoms with van der Waals surface area (Å²) >= 11 is 0. The SMILES string of the molecule is Cc1cc(C(=O)NC(CO)C(=O)O)co1. The number of hydrogen-bond acceptors (Lipinski definition) is 4. The van der Waals surface area contributed by atoms with Gasteiger partial charge >= 0.3 is 5.97 Å². The molecule has 6 heteroatoms. The Balaban J connectivity index is 2.66. The van der Waals surface area contributed by atoms with E-state index in [1.165, 1.54) is 12.3 Å². The highest BCUT2D eigenvalue weighted by Gasteiger charge is 2.20. The summed E-state index contributed by atoms with van der Waals surface area (Å²) in [5.74, 6) is -1.32. The van der Waals surface area contributed by atoms with Crippen LogP contribution in [0.25, 0.3) is 0 Å². The third kappa shape index (κ3) is 2.81. The molecule has 0 aliphatic rings. The smallest absolute Gasteiger partial charge is 0.328 e. The molecule has 0 aliphatic carbocycles. The van der Waals surface area contributed by atoms with Crippen LogP contribution in [-0.4, -0.2) is 34.7 Å². The van der Waals surface area contributed by atoms with E-state index in [4.69, 9.17) is 14.6 Å². The second-order valence-corrected chi connectivity index (χ2v) is 2.99. The average Bonchev–Trinajstić information content (AvgIpc) is 2.60. The molecule has 0 saturated carbocycles. The summed E-state index contributed by atoms with van der Waals surface area (Å²) in [6.07, 6.45) is 1.22. The highest BCUT2D eigenvalue weighted by molar-refractivity contribution is 5.96. The van der Waals surface area contributed by atoms with Crippen molar-refractivity contribution in [3.05, 3.63) is 23.7 Å². The van der Waals surface area contributed by atoms with Gasteiger partial charge in [-0.2, -0.15) is 0 Å². The maximum absolute atomic E-state index is 11.4. The highest BCUT2D eigenvalue weighted by Crippen LogP contribution is 2.06. The monoisotopic (exact) mass is 213 g/mol. The Morgan fingerprint density at radius 1 is 1.60 bits per heavy atom. The van der Waals surface area contributed by atoms with E-state index in [1.807, 2.05) is 0 Å². The maximum atomic E-state index is 11.4. The Bertz CT molecular complexity index is 370. The van der Waals surface area contributed by atoms with E-state index >= 15 is 0 Å². The molecule has 0 saturated heterocycles. The van der Waals surface area contributed by atoms with E-state index in [1.54, 1.807) is 6.92 Å². The van der Waals surface area contributed by atoms with Gasteiger partial charge in [0.25, 0.3) is 5.91 Å². The summed E-state index contributed by atoms with van der Waals surface area (Å²) in [6.45, 7) is 1.01. The lowest BCUT2D eigenvalue weighted by Crippen LogP contribution is -2.43. The first-order valence-electron chi connectivity index (χ1n) is 4.24. The first-order valence-corrected chi connectivity index (χ1v) is 4.24. The van der Waals surface area contributed by atoms with E-state index in [0.717, 1.165) is 0 Å². The molecule has 0 aliphatic heterocycles. The summed E-state index contributed by atoms with van der Waals surface area (Å²) in [5, 5.41) is 19.4. The number of carbonyl (C=O) groups is 2. The van der Waals surface area contributed by atoms with Gasteiger partial charge in [0, 0.05) is 0 Å². The quantitative estimate of drug-likeness (QED) is 0.641. The molecule has 1 rings (SSSR count). The van der Waals surface area contributed by atoms with Gasteiger partial charge in [0.15, 0.2) is 6.04 Å². The Morgan fingerprint density at radius 3 is 2.67 bits per heavy atom. The fraction of sp³-hybridized carbons (Fsp3) is 0.333. The van der Waals surface area contributed by atoms with Gasteiger partial charge in [-0.25, -0.2) is 4.79 Å². The van der Waals surface area contributed by atoms with Crippen LogP contribution in [0, 0.1) is 6.92 Å². The predicted octanol–water partition coefficient (Wildman–Crippen LogP) is -0.237. The topological polar surface area (TPSA) is 99.8 Å². The van der Waals surface area contributed by atoms with E-state index < -0.39 is 24.5 Å². The van der Waals surface area contributed by atoms with Crippen molar-refractivity contribution in [2.75, 3.05) is 6.61 Å². The summed E-state index contributed by atoms with van der Waals surface area (Å²) in [4.78, 5) is 21.9. The zero-order valence-electron chi connectivity index (χ0n) is 8.06. The molecular weight excluding hydrogens is 202 g/mol. The number of carboxylic acid groups (broad SMARTS) is 1. The van der Waals surface area contributed by atoms with Crippen molar-refractivity contribution < 1.29 is 24.2 Å². The summed E-state index contributed by atoms with van der Waals surface area (Å²) in [5.41, 5.74) is 0.229. The molecule has 6 nitrogen and oxygen atoms in total. The van der Waals surface area contributed by atoms with Gasteiger partial charge in [0.05, 0.1) is 12.2 Å². The Hall–Kier alpha value is -1.82. The van der Waals surface area contributed by atoms with Crippen LogP contribution in [0.15, 0.2) is 16.7 Å². The number of amides is 1. The molecule has 1 aromatic rings. The predicted molar refractivity (Wildman–Crippen MR) is 49.4 cm³/mol. The molecule has 1 amide bonds. The maximum Gasteiger partial charge on any atom is 0.328 e. The lowest BCUT2D eigenvalue weighted by atomic mass is 10.2. The molecule has 15 heavy (non-hydrogen) atoms. The van der Waals surface area contributed by atoms with Crippen molar-refractivity contribution in [2.45, 2.75) is 13.0 Å². The molecule has 0 spiro atoms. The second-order valence-electron chi connectivity index (χ2n) is 2.99. The molecule has 0 fully saturated rings. The van der Waals surface area contributed by atoms with Crippen LogP contribution in [0.5, 0.6) is 0 Å². The molecule has 0 bridgehead atoms. The van der Waals surface area contributed by atoms with Gasteiger partial charge < -0.3 is 19.9 Å². The third-order valence-electron chi connectivity index (χ3n) is 1.78. The fourth-order valence-corrected chi connectivity index (χ4v) is 0.990. The van der Waals surface area contributed by atoms with Gasteiger partial charge in [0.2, 0.25) is 0 Å². The number of aliphatic hydroxyl groups is 1. The van der Waals surface area contributed by atoms with Crippen LogP contribution in [0.3, 0.4) is 0 Å². The summed E-state index contributed by atoms with van der Waals surface area (Å²) in [6, 6.07) is 0.179. The van der Waals surface area contributed by atoms with Crippen molar-refractivity contribution in [2.24, 2.45) is 0 Å². The molecule has 3 N–H and O–H groups in total. The van der Waals surface area contributed by atoms with E-state index in [-0.39, 0.29) is 5.56 Å². The molecule has 82 valence electrons. The van der Waals surface area contributed by atoms with Gasteiger partial charge in [-0.1, -0.05) is 0 Å². The molecular formula is C9H11NO5. The molecule has 0 aromatic carbocycles. The number of hydrogen-bond donors (Lipinski definition) is 3.